The topological polar surface area (TPSA) is 70.1 Å². The van der Waals surface area contributed by atoms with Gasteiger partial charge in [-0.2, -0.15) is 0 Å². The fourth-order valence-corrected chi connectivity index (χ4v) is 1.93. The largest absolute Gasteiger partial charge is 0.481 e. The lowest BCUT2D eigenvalue weighted by Gasteiger charge is -2.35. The number of carboxylic acids is 1. The summed E-state index contributed by atoms with van der Waals surface area (Å²) in [6, 6.07) is -0.114. The average Bonchev–Trinajstić information content (AvgIpc) is 2.26. The molecule has 0 saturated carbocycles. The van der Waals surface area contributed by atoms with E-state index in [1.54, 1.807) is 16.8 Å². The van der Waals surface area contributed by atoms with E-state index in [1.165, 1.54) is 0 Å². The molecule has 1 saturated heterocycles. The van der Waals surface area contributed by atoms with Crippen molar-refractivity contribution in [2.24, 2.45) is 0 Å². The molecule has 1 N–H and O–H groups in total. The highest BCUT2D eigenvalue weighted by molar-refractivity contribution is 5.74. The summed E-state index contributed by atoms with van der Waals surface area (Å²) in [5.41, 5.74) is 0.904. The summed E-state index contributed by atoms with van der Waals surface area (Å²) in [7, 11) is 1.71. The molecule has 18 heavy (non-hydrogen) atoms. The fourth-order valence-electron chi connectivity index (χ4n) is 1.93. The summed E-state index contributed by atoms with van der Waals surface area (Å²) in [4.78, 5) is 25.9. The van der Waals surface area contributed by atoms with Crippen molar-refractivity contribution in [3.63, 3.8) is 0 Å². The highest BCUT2D eigenvalue weighted by Gasteiger charge is 2.27. The van der Waals surface area contributed by atoms with Crippen LogP contribution in [0.3, 0.4) is 0 Å². The molecule has 102 valence electrons. The molecule has 0 radical (unpaired) electrons. The van der Waals surface area contributed by atoms with Crippen LogP contribution in [0, 0.1) is 0 Å². The number of nitrogens with zero attached hydrogens (tertiary/aromatic N) is 2. The van der Waals surface area contributed by atoms with Crippen LogP contribution in [-0.2, 0) is 9.53 Å². The third kappa shape index (κ3) is 4.37. The number of carboxylic acid groups (broad SMARTS) is 1. The smallest absolute Gasteiger partial charge is 0.320 e. The monoisotopic (exact) mass is 256 g/mol. The number of amides is 2. The van der Waals surface area contributed by atoms with Crippen LogP contribution < -0.4 is 0 Å². The molecule has 1 rings (SSSR count). The number of hydrogen-bond acceptors (Lipinski definition) is 3. The average molecular weight is 256 g/mol. The Morgan fingerprint density at radius 1 is 1.56 bits per heavy atom. The molecule has 1 heterocycles. The molecule has 1 unspecified atom stereocenters. The van der Waals surface area contributed by atoms with E-state index < -0.39 is 12.1 Å². The van der Waals surface area contributed by atoms with Gasteiger partial charge in [0.15, 0.2) is 0 Å². The van der Waals surface area contributed by atoms with Gasteiger partial charge in [0.25, 0.3) is 0 Å². The van der Waals surface area contributed by atoms with Gasteiger partial charge in [-0.05, 0) is 6.92 Å². The lowest BCUT2D eigenvalue weighted by atomic mass is 10.2. The van der Waals surface area contributed by atoms with Crippen LogP contribution in [0.2, 0.25) is 0 Å². The van der Waals surface area contributed by atoms with E-state index in [0.717, 1.165) is 5.57 Å². The number of carbonyl (C=O) groups is 2. The predicted octanol–water partition coefficient (Wildman–Crippen LogP) is 0.790. The predicted molar refractivity (Wildman–Crippen MR) is 66.4 cm³/mol. The van der Waals surface area contributed by atoms with Gasteiger partial charge in [0.2, 0.25) is 0 Å². The molecule has 0 aromatic carbocycles. The highest BCUT2D eigenvalue weighted by atomic mass is 16.5. The molecule has 6 heteroatoms. The Morgan fingerprint density at radius 3 is 2.78 bits per heavy atom. The molecule has 6 nitrogen and oxygen atoms in total. The van der Waals surface area contributed by atoms with E-state index in [-0.39, 0.29) is 12.5 Å². The first-order chi connectivity index (χ1) is 8.40. The van der Waals surface area contributed by atoms with E-state index in [2.05, 4.69) is 6.58 Å². The fraction of sp³-hybridized carbons (Fsp3) is 0.667. The number of ether oxygens (including phenoxy) is 1. The summed E-state index contributed by atoms with van der Waals surface area (Å²) in [6.45, 7) is 7.32. The van der Waals surface area contributed by atoms with Crippen molar-refractivity contribution in [2.75, 3.05) is 33.3 Å². The van der Waals surface area contributed by atoms with Gasteiger partial charge in [-0.3, -0.25) is 4.79 Å². The van der Waals surface area contributed by atoms with Crippen molar-refractivity contribution in [3.8, 4) is 0 Å². The quantitative estimate of drug-likeness (QED) is 0.755. The van der Waals surface area contributed by atoms with Gasteiger partial charge in [0.1, 0.15) is 0 Å². The minimum atomic E-state index is -0.912. The standard InChI is InChI=1S/C12H20N2O4/c1-9(2)7-13(3)12(17)14-4-5-18-10(8-14)6-11(15)16/h10H,1,4-8H2,2-3H3,(H,15,16). The van der Waals surface area contributed by atoms with Crippen LogP contribution in [0.4, 0.5) is 4.79 Å². The van der Waals surface area contributed by atoms with E-state index in [0.29, 0.717) is 26.2 Å². The first-order valence-electron chi connectivity index (χ1n) is 5.88. The Morgan fingerprint density at radius 2 is 2.22 bits per heavy atom. The zero-order valence-electron chi connectivity index (χ0n) is 10.9. The number of hydrogen-bond donors (Lipinski definition) is 1. The molecule has 2 amide bonds. The summed E-state index contributed by atoms with van der Waals surface area (Å²) in [6.07, 6.45) is -0.494. The Hall–Kier alpha value is -1.56. The van der Waals surface area contributed by atoms with E-state index in [9.17, 15) is 9.59 Å². The number of morpholine rings is 1. The molecule has 0 bridgehead atoms. The van der Waals surface area contributed by atoms with Gasteiger partial charge in [-0.1, -0.05) is 12.2 Å². The van der Waals surface area contributed by atoms with Gasteiger partial charge >= 0.3 is 12.0 Å². The van der Waals surface area contributed by atoms with E-state index in [4.69, 9.17) is 9.84 Å². The minimum absolute atomic E-state index is 0.0754. The Bertz CT molecular complexity index is 343. The van der Waals surface area contributed by atoms with Crippen LogP contribution in [0.15, 0.2) is 12.2 Å². The lowest BCUT2D eigenvalue weighted by molar-refractivity contribution is -0.141. The van der Waals surface area contributed by atoms with Crippen molar-refractivity contribution >= 4 is 12.0 Å². The molecular weight excluding hydrogens is 236 g/mol. The number of aliphatic carboxylic acids is 1. The van der Waals surface area contributed by atoms with Gasteiger partial charge in [-0.25, -0.2) is 4.79 Å². The van der Waals surface area contributed by atoms with Crippen molar-refractivity contribution in [1.29, 1.82) is 0 Å². The Balaban J connectivity index is 2.52. The molecule has 1 aliphatic heterocycles. The first kappa shape index (κ1) is 14.5. The normalized spacial score (nSPS) is 19.4. The Labute approximate surface area is 107 Å². The molecular formula is C12H20N2O4. The van der Waals surface area contributed by atoms with Crippen molar-refractivity contribution in [1.82, 2.24) is 9.80 Å². The molecule has 0 aromatic rings. The van der Waals surface area contributed by atoms with Crippen molar-refractivity contribution in [3.05, 3.63) is 12.2 Å². The molecule has 1 fully saturated rings. The zero-order valence-corrected chi connectivity index (χ0v) is 10.9. The SMILES string of the molecule is C=C(C)CN(C)C(=O)N1CCOC(CC(=O)O)C1. The van der Waals surface area contributed by atoms with Crippen LogP contribution in [0.25, 0.3) is 0 Å². The van der Waals surface area contributed by atoms with Crippen molar-refractivity contribution in [2.45, 2.75) is 19.4 Å². The second-order valence-corrected chi connectivity index (χ2v) is 4.63. The lowest BCUT2D eigenvalue weighted by Crippen LogP contribution is -2.50. The number of likely N-dealkylation sites (N-methyl/N-ethyl adjacent to an activating group) is 1. The van der Waals surface area contributed by atoms with Gasteiger partial charge in [0.05, 0.1) is 19.1 Å². The number of rotatable bonds is 4. The highest BCUT2D eigenvalue weighted by Crippen LogP contribution is 2.11. The third-order valence-corrected chi connectivity index (χ3v) is 2.65. The Kier molecular flexibility index (Phi) is 5.15. The summed E-state index contributed by atoms with van der Waals surface area (Å²) in [5.74, 6) is -0.912. The maximum Gasteiger partial charge on any atom is 0.320 e. The minimum Gasteiger partial charge on any atom is -0.481 e. The second kappa shape index (κ2) is 6.39. The van der Waals surface area contributed by atoms with E-state index >= 15 is 0 Å². The molecule has 0 spiro atoms. The molecule has 0 aliphatic carbocycles. The summed E-state index contributed by atoms with van der Waals surface area (Å²) in [5, 5.41) is 8.71. The summed E-state index contributed by atoms with van der Waals surface area (Å²) < 4.78 is 5.32. The van der Waals surface area contributed by atoms with Crippen LogP contribution in [0.5, 0.6) is 0 Å². The summed E-state index contributed by atoms with van der Waals surface area (Å²) >= 11 is 0. The van der Waals surface area contributed by atoms with Gasteiger partial charge in [0, 0.05) is 26.7 Å². The first-order valence-corrected chi connectivity index (χ1v) is 5.88. The number of carbonyl (C=O) groups excluding carboxylic acids is 1. The zero-order chi connectivity index (χ0) is 13.7. The van der Waals surface area contributed by atoms with Crippen molar-refractivity contribution < 1.29 is 19.4 Å². The van der Waals surface area contributed by atoms with E-state index in [1.807, 2.05) is 6.92 Å². The van der Waals surface area contributed by atoms with Crippen LogP contribution in [-0.4, -0.2) is 66.3 Å². The third-order valence-electron chi connectivity index (χ3n) is 2.65. The maximum atomic E-state index is 12.1. The molecule has 0 aromatic heterocycles. The second-order valence-electron chi connectivity index (χ2n) is 4.63. The van der Waals surface area contributed by atoms with Gasteiger partial charge < -0.3 is 19.6 Å². The van der Waals surface area contributed by atoms with Gasteiger partial charge in [-0.15, -0.1) is 0 Å². The number of urea groups is 1. The maximum absolute atomic E-state index is 12.1. The van der Waals surface area contributed by atoms with Crippen LogP contribution >= 0.6 is 0 Å². The molecule has 1 atom stereocenters. The molecule has 1 aliphatic rings. The van der Waals surface area contributed by atoms with Crippen LogP contribution in [0.1, 0.15) is 13.3 Å².